The van der Waals surface area contributed by atoms with Crippen molar-refractivity contribution in [2.24, 2.45) is 4.99 Å². The molecule has 11 heavy (non-hydrogen) atoms. The molecule has 1 atom stereocenters. The van der Waals surface area contributed by atoms with Crippen LogP contribution in [0, 0.1) is 0 Å². The Hall–Kier alpha value is -0.330. The van der Waals surface area contributed by atoms with Crippen LogP contribution in [-0.4, -0.2) is 11.8 Å². The van der Waals surface area contributed by atoms with Crippen LogP contribution in [0.25, 0.3) is 0 Å². The number of nitrogens with zero attached hydrogens (tertiary/aromatic N) is 1. The lowest BCUT2D eigenvalue weighted by Gasteiger charge is -2.14. The first-order valence-corrected chi connectivity index (χ1v) is 4.88. The molecule has 0 amide bonds. The van der Waals surface area contributed by atoms with Gasteiger partial charge >= 0.3 is 0 Å². The van der Waals surface area contributed by atoms with E-state index in [0.717, 1.165) is 0 Å². The number of hydrogen-bond donors (Lipinski definition) is 0. The van der Waals surface area contributed by atoms with Crippen molar-refractivity contribution in [1.29, 1.82) is 0 Å². The molecule has 0 bridgehead atoms. The molecule has 1 saturated carbocycles. The highest BCUT2D eigenvalue weighted by molar-refractivity contribution is 5.85. The van der Waals surface area contributed by atoms with Crippen molar-refractivity contribution in [2.45, 2.75) is 58.4 Å². The second-order valence-corrected chi connectivity index (χ2v) is 3.51. The Morgan fingerprint density at radius 2 is 1.91 bits per heavy atom. The molecule has 0 aliphatic heterocycles. The standard InChI is InChI=1S/C10H19N/c1-3-9(2)11-10-7-5-4-6-8-10/h9H,3-8H2,1-2H3. The van der Waals surface area contributed by atoms with Crippen LogP contribution in [0.2, 0.25) is 0 Å². The van der Waals surface area contributed by atoms with Crippen LogP contribution in [0.4, 0.5) is 0 Å². The summed E-state index contributed by atoms with van der Waals surface area (Å²) in [6.07, 6.45) is 7.88. The van der Waals surface area contributed by atoms with Crippen LogP contribution < -0.4 is 0 Å². The molecule has 0 spiro atoms. The number of hydrogen-bond acceptors (Lipinski definition) is 1. The van der Waals surface area contributed by atoms with Gasteiger partial charge in [-0.2, -0.15) is 0 Å². The fourth-order valence-corrected chi connectivity index (χ4v) is 1.49. The van der Waals surface area contributed by atoms with Crippen molar-refractivity contribution >= 4 is 5.71 Å². The molecule has 0 aromatic heterocycles. The molecular formula is C10H19N. The van der Waals surface area contributed by atoms with E-state index in [4.69, 9.17) is 0 Å². The fraction of sp³-hybridized carbons (Fsp3) is 0.900. The summed E-state index contributed by atoms with van der Waals surface area (Å²) in [6.45, 7) is 4.42. The van der Waals surface area contributed by atoms with E-state index < -0.39 is 0 Å². The Bertz CT molecular complexity index is 130. The van der Waals surface area contributed by atoms with Gasteiger partial charge in [-0.3, -0.25) is 4.99 Å². The maximum Gasteiger partial charge on any atom is 0.0468 e. The summed E-state index contributed by atoms with van der Waals surface area (Å²) in [7, 11) is 0. The lowest BCUT2D eigenvalue weighted by molar-refractivity contribution is 0.644. The van der Waals surface area contributed by atoms with E-state index in [1.54, 1.807) is 0 Å². The van der Waals surface area contributed by atoms with E-state index in [1.165, 1.54) is 44.2 Å². The predicted molar refractivity (Wildman–Crippen MR) is 50.3 cm³/mol. The third-order valence-corrected chi connectivity index (χ3v) is 2.42. The third-order valence-electron chi connectivity index (χ3n) is 2.42. The molecule has 1 fully saturated rings. The van der Waals surface area contributed by atoms with E-state index in [0.29, 0.717) is 6.04 Å². The first kappa shape index (κ1) is 8.76. The average Bonchev–Trinajstić information content (AvgIpc) is 2.06. The average molecular weight is 153 g/mol. The molecule has 1 aliphatic rings. The summed E-state index contributed by atoms with van der Waals surface area (Å²) >= 11 is 0. The Morgan fingerprint density at radius 3 is 2.45 bits per heavy atom. The van der Waals surface area contributed by atoms with Crippen LogP contribution in [0.5, 0.6) is 0 Å². The van der Waals surface area contributed by atoms with Gasteiger partial charge in [-0.15, -0.1) is 0 Å². The van der Waals surface area contributed by atoms with Crippen LogP contribution in [0.1, 0.15) is 52.4 Å². The molecule has 0 saturated heterocycles. The summed E-state index contributed by atoms with van der Waals surface area (Å²) in [5.74, 6) is 0. The van der Waals surface area contributed by atoms with Crippen LogP contribution in [0.15, 0.2) is 4.99 Å². The summed E-state index contributed by atoms with van der Waals surface area (Å²) in [5, 5.41) is 0. The van der Waals surface area contributed by atoms with Crippen LogP contribution in [0.3, 0.4) is 0 Å². The maximum atomic E-state index is 4.67. The Labute approximate surface area is 69.9 Å². The second-order valence-electron chi connectivity index (χ2n) is 3.51. The van der Waals surface area contributed by atoms with Crippen molar-refractivity contribution in [3.63, 3.8) is 0 Å². The van der Waals surface area contributed by atoms with E-state index in [1.807, 2.05) is 0 Å². The van der Waals surface area contributed by atoms with Gasteiger partial charge in [0.2, 0.25) is 0 Å². The lowest BCUT2D eigenvalue weighted by atomic mass is 9.98. The van der Waals surface area contributed by atoms with Crippen molar-refractivity contribution in [1.82, 2.24) is 0 Å². The zero-order valence-electron chi connectivity index (χ0n) is 7.77. The normalized spacial score (nSPS) is 21.5. The SMILES string of the molecule is CCC(C)N=C1CCCCC1. The predicted octanol–water partition coefficient (Wildman–Crippen LogP) is 3.19. The summed E-state index contributed by atoms with van der Waals surface area (Å²) in [4.78, 5) is 4.67. The lowest BCUT2D eigenvalue weighted by Crippen LogP contribution is -2.08. The minimum Gasteiger partial charge on any atom is -0.291 e. The topological polar surface area (TPSA) is 12.4 Å². The Morgan fingerprint density at radius 1 is 1.27 bits per heavy atom. The maximum absolute atomic E-state index is 4.67. The summed E-state index contributed by atoms with van der Waals surface area (Å²) < 4.78 is 0. The molecule has 64 valence electrons. The molecule has 0 aromatic rings. The molecule has 1 unspecified atom stereocenters. The third kappa shape index (κ3) is 3.04. The molecule has 1 nitrogen and oxygen atoms in total. The zero-order valence-corrected chi connectivity index (χ0v) is 7.77. The van der Waals surface area contributed by atoms with Gasteiger partial charge < -0.3 is 0 Å². The van der Waals surface area contributed by atoms with Gasteiger partial charge in [-0.1, -0.05) is 13.3 Å². The smallest absolute Gasteiger partial charge is 0.0468 e. The summed E-state index contributed by atoms with van der Waals surface area (Å²) in [5.41, 5.74) is 1.48. The van der Waals surface area contributed by atoms with Gasteiger partial charge in [-0.05, 0) is 39.0 Å². The Kier molecular flexibility index (Phi) is 3.61. The molecule has 1 heteroatoms. The number of aliphatic imine (C=N–C) groups is 1. The molecule has 0 radical (unpaired) electrons. The van der Waals surface area contributed by atoms with E-state index in [-0.39, 0.29) is 0 Å². The van der Waals surface area contributed by atoms with Gasteiger partial charge in [0.05, 0.1) is 0 Å². The van der Waals surface area contributed by atoms with E-state index >= 15 is 0 Å². The van der Waals surface area contributed by atoms with E-state index in [9.17, 15) is 0 Å². The fourth-order valence-electron chi connectivity index (χ4n) is 1.49. The van der Waals surface area contributed by atoms with Gasteiger partial charge in [0.1, 0.15) is 0 Å². The van der Waals surface area contributed by atoms with Crippen molar-refractivity contribution in [3.05, 3.63) is 0 Å². The zero-order chi connectivity index (χ0) is 8.10. The van der Waals surface area contributed by atoms with Crippen molar-refractivity contribution < 1.29 is 0 Å². The quantitative estimate of drug-likeness (QED) is 0.577. The largest absolute Gasteiger partial charge is 0.291 e. The van der Waals surface area contributed by atoms with Gasteiger partial charge in [-0.25, -0.2) is 0 Å². The molecule has 0 aromatic carbocycles. The highest BCUT2D eigenvalue weighted by atomic mass is 14.8. The van der Waals surface area contributed by atoms with Crippen LogP contribution in [-0.2, 0) is 0 Å². The van der Waals surface area contributed by atoms with Crippen molar-refractivity contribution in [3.8, 4) is 0 Å². The highest BCUT2D eigenvalue weighted by Gasteiger charge is 2.07. The minimum atomic E-state index is 0.558. The molecule has 1 rings (SSSR count). The first-order valence-electron chi connectivity index (χ1n) is 4.88. The second kappa shape index (κ2) is 4.53. The monoisotopic (exact) mass is 153 g/mol. The molecule has 0 heterocycles. The van der Waals surface area contributed by atoms with Gasteiger partial charge in [0.15, 0.2) is 0 Å². The summed E-state index contributed by atoms with van der Waals surface area (Å²) in [6, 6.07) is 0.558. The van der Waals surface area contributed by atoms with Gasteiger partial charge in [0, 0.05) is 11.8 Å². The highest BCUT2D eigenvalue weighted by Crippen LogP contribution is 2.15. The van der Waals surface area contributed by atoms with Crippen molar-refractivity contribution in [2.75, 3.05) is 0 Å². The number of rotatable bonds is 2. The minimum absolute atomic E-state index is 0.558. The Balaban J connectivity index is 2.37. The van der Waals surface area contributed by atoms with Crippen LogP contribution >= 0.6 is 0 Å². The molecule has 0 N–H and O–H groups in total. The first-order chi connectivity index (χ1) is 5.33. The molecular weight excluding hydrogens is 134 g/mol. The van der Waals surface area contributed by atoms with E-state index in [2.05, 4.69) is 18.8 Å². The van der Waals surface area contributed by atoms with Gasteiger partial charge in [0.25, 0.3) is 0 Å². The molecule has 1 aliphatic carbocycles.